The van der Waals surface area contributed by atoms with E-state index in [4.69, 9.17) is 5.73 Å². The molecular formula is C20H33N3O3S. The molecule has 152 valence electrons. The van der Waals surface area contributed by atoms with Crippen LogP contribution in [0.15, 0.2) is 29.2 Å². The number of amides is 1. The van der Waals surface area contributed by atoms with E-state index in [0.717, 1.165) is 19.3 Å². The van der Waals surface area contributed by atoms with E-state index in [-0.39, 0.29) is 10.8 Å². The Labute approximate surface area is 163 Å². The summed E-state index contributed by atoms with van der Waals surface area (Å²) in [5.74, 6) is 0.357. The number of piperidine rings is 1. The zero-order valence-corrected chi connectivity index (χ0v) is 17.7. The molecule has 1 fully saturated rings. The molecule has 7 heteroatoms. The van der Waals surface area contributed by atoms with Crippen LogP contribution in [0.5, 0.6) is 0 Å². The lowest BCUT2D eigenvalue weighted by atomic mass is 9.94. The molecule has 1 amide bonds. The van der Waals surface area contributed by atoms with E-state index in [2.05, 4.69) is 19.2 Å². The van der Waals surface area contributed by atoms with Gasteiger partial charge in [-0.2, -0.15) is 4.31 Å². The first-order valence-electron chi connectivity index (χ1n) is 9.78. The predicted molar refractivity (Wildman–Crippen MR) is 108 cm³/mol. The molecule has 0 saturated carbocycles. The highest BCUT2D eigenvalue weighted by atomic mass is 32.2. The van der Waals surface area contributed by atoms with Crippen molar-refractivity contribution in [1.82, 2.24) is 9.62 Å². The van der Waals surface area contributed by atoms with Crippen molar-refractivity contribution in [1.29, 1.82) is 0 Å². The molecule has 0 radical (unpaired) electrons. The highest BCUT2D eigenvalue weighted by molar-refractivity contribution is 7.89. The maximum atomic E-state index is 13.0. The van der Waals surface area contributed by atoms with E-state index in [1.807, 2.05) is 13.8 Å². The largest absolute Gasteiger partial charge is 0.350 e. The quantitative estimate of drug-likeness (QED) is 0.742. The molecule has 0 spiro atoms. The Morgan fingerprint density at radius 1 is 1.22 bits per heavy atom. The van der Waals surface area contributed by atoms with Crippen LogP contribution in [0.4, 0.5) is 0 Å². The molecule has 0 aliphatic carbocycles. The number of carbonyl (C=O) groups is 1. The van der Waals surface area contributed by atoms with Gasteiger partial charge in [-0.1, -0.05) is 33.8 Å². The van der Waals surface area contributed by atoms with E-state index in [9.17, 15) is 13.2 Å². The smallest absolute Gasteiger partial charge is 0.251 e. The first-order chi connectivity index (χ1) is 12.6. The van der Waals surface area contributed by atoms with Crippen molar-refractivity contribution >= 4 is 15.9 Å². The molecule has 0 aromatic heterocycles. The molecule has 27 heavy (non-hydrogen) atoms. The number of nitrogens with two attached hydrogens (primary N) is 1. The fourth-order valence-electron chi connectivity index (χ4n) is 3.61. The maximum absolute atomic E-state index is 13.0. The van der Waals surface area contributed by atoms with E-state index >= 15 is 0 Å². The summed E-state index contributed by atoms with van der Waals surface area (Å²) >= 11 is 0. The molecule has 2 rings (SSSR count). The molecule has 1 heterocycles. The number of benzene rings is 1. The van der Waals surface area contributed by atoms with Crippen LogP contribution >= 0.6 is 0 Å². The second kappa shape index (κ2) is 8.71. The van der Waals surface area contributed by atoms with Gasteiger partial charge in [0, 0.05) is 30.7 Å². The number of hydrogen-bond acceptors (Lipinski definition) is 4. The minimum absolute atomic E-state index is 0.168. The van der Waals surface area contributed by atoms with Gasteiger partial charge >= 0.3 is 0 Å². The Morgan fingerprint density at radius 2 is 1.81 bits per heavy atom. The van der Waals surface area contributed by atoms with E-state index in [1.165, 1.54) is 6.07 Å². The van der Waals surface area contributed by atoms with Crippen molar-refractivity contribution in [2.75, 3.05) is 19.6 Å². The third kappa shape index (κ3) is 5.30. The van der Waals surface area contributed by atoms with Gasteiger partial charge in [0.25, 0.3) is 5.91 Å². The summed E-state index contributed by atoms with van der Waals surface area (Å²) in [6, 6.07) is 6.27. The van der Waals surface area contributed by atoms with Crippen molar-refractivity contribution in [3.05, 3.63) is 29.8 Å². The summed E-state index contributed by atoms with van der Waals surface area (Å²) in [6.45, 7) is 9.52. The lowest BCUT2D eigenvalue weighted by Gasteiger charge is -2.34. The summed E-state index contributed by atoms with van der Waals surface area (Å²) < 4.78 is 27.6. The normalized spacial score (nSPS) is 21.8. The minimum atomic E-state index is -3.61. The minimum Gasteiger partial charge on any atom is -0.350 e. The van der Waals surface area contributed by atoms with Crippen molar-refractivity contribution in [3.8, 4) is 0 Å². The van der Waals surface area contributed by atoms with Crippen molar-refractivity contribution in [2.24, 2.45) is 17.6 Å². The number of hydrogen-bond donors (Lipinski definition) is 2. The molecule has 2 unspecified atom stereocenters. The van der Waals surface area contributed by atoms with E-state index in [1.54, 1.807) is 22.5 Å². The van der Waals surface area contributed by atoms with Gasteiger partial charge in [0.1, 0.15) is 0 Å². The predicted octanol–water partition coefficient (Wildman–Crippen LogP) is 2.60. The average Bonchev–Trinajstić information content (AvgIpc) is 2.65. The van der Waals surface area contributed by atoms with Gasteiger partial charge in [0.15, 0.2) is 0 Å². The lowest BCUT2D eigenvalue weighted by molar-refractivity contribution is 0.0942. The zero-order chi connectivity index (χ0) is 20.2. The first-order valence-corrected chi connectivity index (χ1v) is 11.2. The zero-order valence-electron chi connectivity index (χ0n) is 16.9. The lowest BCUT2D eigenvalue weighted by Crippen LogP contribution is -2.49. The number of nitrogens with zero attached hydrogens (tertiary/aromatic N) is 1. The van der Waals surface area contributed by atoms with E-state index < -0.39 is 15.6 Å². The van der Waals surface area contributed by atoms with E-state index in [0.29, 0.717) is 37.0 Å². The molecule has 1 aromatic carbocycles. The number of carbonyl (C=O) groups excluding carboxylic acids is 1. The van der Waals surface area contributed by atoms with Crippen LogP contribution in [0.2, 0.25) is 0 Å². The fraction of sp³-hybridized carbons (Fsp3) is 0.650. The van der Waals surface area contributed by atoms with Crippen LogP contribution in [-0.2, 0) is 10.0 Å². The van der Waals surface area contributed by atoms with Crippen molar-refractivity contribution in [2.45, 2.75) is 57.4 Å². The van der Waals surface area contributed by atoms with Crippen LogP contribution < -0.4 is 11.1 Å². The fourth-order valence-corrected chi connectivity index (χ4v) is 5.33. The molecule has 1 aliphatic rings. The van der Waals surface area contributed by atoms with Crippen molar-refractivity contribution in [3.63, 3.8) is 0 Å². The summed E-state index contributed by atoms with van der Waals surface area (Å²) in [5, 5.41) is 2.84. The highest BCUT2D eigenvalue weighted by Gasteiger charge is 2.32. The molecule has 1 aliphatic heterocycles. The topological polar surface area (TPSA) is 92.5 Å². The molecular weight excluding hydrogens is 362 g/mol. The summed E-state index contributed by atoms with van der Waals surface area (Å²) in [4.78, 5) is 12.7. The van der Waals surface area contributed by atoms with Crippen LogP contribution in [0, 0.1) is 11.8 Å². The maximum Gasteiger partial charge on any atom is 0.251 e. The third-order valence-electron chi connectivity index (χ3n) is 5.58. The van der Waals surface area contributed by atoms with Gasteiger partial charge in [-0.05, 0) is 49.3 Å². The van der Waals surface area contributed by atoms with Gasteiger partial charge in [-0.25, -0.2) is 8.42 Å². The molecule has 3 N–H and O–H groups in total. The Balaban J connectivity index is 2.17. The Bertz CT molecular complexity index is 749. The molecule has 2 atom stereocenters. The number of nitrogens with one attached hydrogen (secondary N) is 1. The second-order valence-corrected chi connectivity index (χ2v) is 9.99. The summed E-state index contributed by atoms with van der Waals surface area (Å²) in [7, 11) is -3.61. The molecule has 1 aromatic rings. The Morgan fingerprint density at radius 3 is 2.37 bits per heavy atom. The van der Waals surface area contributed by atoms with Crippen LogP contribution in [0.1, 0.15) is 57.3 Å². The van der Waals surface area contributed by atoms with Gasteiger partial charge in [0.05, 0.1) is 4.90 Å². The Hall–Kier alpha value is -1.44. The molecule has 0 bridgehead atoms. The SMILES string of the molecule is CCC(N)(CC)CNC(=O)c1cccc(S(=O)(=O)N2CC(C)CC(C)C2)c1. The number of sulfonamides is 1. The third-order valence-corrected chi connectivity index (χ3v) is 7.41. The Kier molecular flexibility index (Phi) is 7.05. The number of rotatable bonds is 7. The van der Waals surface area contributed by atoms with Gasteiger partial charge in [-0.3, -0.25) is 4.79 Å². The first kappa shape index (κ1) is 21.9. The standard InChI is InChI=1S/C20H33N3O3S/c1-5-20(21,6-2)14-22-19(24)17-8-7-9-18(11-17)27(25,26)23-12-15(3)10-16(4)13-23/h7-9,11,15-16H,5-6,10,12-14,21H2,1-4H3,(H,22,24). The molecule has 6 nitrogen and oxygen atoms in total. The second-order valence-electron chi connectivity index (χ2n) is 8.05. The van der Waals surface area contributed by atoms with Crippen molar-refractivity contribution < 1.29 is 13.2 Å². The van der Waals surface area contributed by atoms with Gasteiger partial charge in [0.2, 0.25) is 10.0 Å². The van der Waals surface area contributed by atoms with Crippen LogP contribution in [-0.4, -0.2) is 43.8 Å². The monoisotopic (exact) mass is 395 g/mol. The van der Waals surface area contributed by atoms with Crippen LogP contribution in [0.25, 0.3) is 0 Å². The van der Waals surface area contributed by atoms with Crippen LogP contribution in [0.3, 0.4) is 0 Å². The van der Waals surface area contributed by atoms with Gasteiger partial charge in [-0.15, -0.1) is 0 Å². The summed E-state index contributed by atoms with van der Waals surface area (Å²) in [6.07, 6.45) is 2.54. The average molecular weight is 396 g/mol. The summed E-state index contributed by atoms with van der Waals surface area (Å²) in [5.41, 5.74) is 6.12. The highest BCUT2D eigenvalue weighted by Crippen LogP contribution is 2.27. The molecule has 1 saturated heterocycles. The van der Waals surface area contributed by atoms with Gasteiger partial charge < -0.3 is 11.1 Å².